The van der Waals surface area contributed by atoms with E-state index in [1.807, 2.05) is 37.4 Å². The van der Waals surface area contributed by atoms with Crippen molar-refractivity contribution in [3.8, 4) is 11.3 Å². The zero-order chi connectivity index (χ0) is 23.5. The van der Waals surface area contributed by atoms with E-state index in [0.717, 1.165) is 21.3 Å². The van der Waals surface area contributed by atoms with Crippen LogP contribution in [-0.2, 0) is 11.8 Å². The van der Waals surface area contributed by atoms with Crippen LogP contribution in [0.4, 0.5) is 4.79 Å². The summed E-state index contributed by atoms with van der Waals surface area (Å²) in [5.41, 5.74) is 1.75. The number of nitrogens with one attached hydrogen (secondary N) is 2. The molecular formula is C22H24BrClN4O3S. The number of nitrogens with zero attached hydrogens (tertiary/aromatic N) is 2. The lowest BCUT2D eigenvalue weighted by Gasteiger charge is -2.23. The van der Waals surface area contributed by atoms with Gasteiger partial charge in [0.25, 0.3) is 5.91 Å². The Hall–Kier alpha value is -2.36. The SMILES string of the molecule is Cn1ncc(Br)c1-c1cc(C(=O)N[C@H](CNC(=O)OC(C)(C)C)c2ccccc2)sc1Cl. The molecule has 170 valence electrons. The van der Waals surface area contributed by atoms with Crippen LogP contribution >= 0.6 is 38.9 Å². The monoisotopic (exact) mass is 538 g/mol. The summed E-state index contributed by atoms with van der Waals surface area (Å²) in [6.07, 6.45) is 1.13. The molecule has 0 saturated heterocycles. The average molecular weight is 540 g/mol. The Morgan fingerprint density at radius 1 is 1.28 bits per heavy atom. The first-order valence-electron chi connectivity index (χ1n) is 9.85. The summed E-state index contributed by atoms with van der Waals surface area (Å²) in [6.45, 7) is 5.55. The molecule has 2 N–H and O–H groups in total. The number of benzene rings is 1. The van der Waals surface area contributed by atoms with E-state index in [9.17, 15) is 9.59 Å². The van der Waals surface area contributed by atoms with Crippen LogP contribution in [0.25, 0.3) is 11.3 Å². The molecule has 0 bridgehead atoms. The first kappa shape index (κ1) is 24.3. The minimum atomic E-state index is -0.611. The third-order valence-electron chi connectivity index (χ3n) is 4.42. The molecule has 2 heterocycles. The molecule has 0 aliphatic heterocycles. The van der Waals surface area contributed by atoms with Crippen molar-refractivity contribution < 1.29 is 14.3 Å². The first-order chi connectivity index (χ1) is 15.0. The first-order valence-corrected chi connectivity index (χ1v) is 11.8. The number of amides is 2. The van der Waals surface area contributed by atoms with Crippen molar-refractivity contribution in [2.45, 2.75) is 32.4 Å². The molecule has 0 unspecified atom stereocenters. The number of ether oxygens (including phenoxy) is 1. The van der Waals surface area contributed by atoms with Gasteiger partial charge in [0.2, 0.25) is 0 Å². The lowest BCUT2D eigenvalue weighted by molar-refractivity contribution is 0.0520. The predicted molar refractivity (Wildman–Crippen MR) is 130 cm³/mol. The van der Waals surface area contributed by atoms with Crippen molar-refractivity contribution in [3.05, 3.63) is 61.8 Å². The molecule has 32 heavy (non-hydrogen) atoms. The minimum absolute atomic E-state index is 0.171. The number of rotatable bonds is 6. The summed E-state index contributed by atoms with van der Waals surface area (Å²) in [5.74, 6) is -0.290. The highest BCUT2D eigenvalue weighted by molar-refractivity contribution is 9.10. The number of thiophene rings is 1. The molecule has 0 spiro atoms. The quantitative estimate of drug-likeness (QED) is 0.429. The third kappa shape index (κ3) is 6.11. The number of aromatic nitrogens is 2. The number of carbonyl (C=O) groups excluding carboxylic acids is 2. The summed E-state index contributed by atoms with van der Waals surface area (Å²) in [6, 6.07) is 10.7. The van der Waals surface area contributed by atoms with Gasteiger partial charge in [-0.15, -0.1) is 11.3 Å². The maximum atomic E-state index is 13.1. The van der Waals surface area contributed by atoms with Crippen LogP contribution in [0.2, 0.25) is 4.34 Å². The topological polar surface area (TPSA) is 85.3 Å². The maximum Gasteiger partial charge on any atom is 0.407 e. The summed E-state index contributed by atoms with van der Waals surface area (Å²) in [7, 11) is 1.81. The van der Waals surface area contributed by atoms with E-state index in [4.69, 9.17) is 16.3 Å². The summed E-state index contributed by atoms with van der Waals surface area (Å²) < 4.78 is 8.27. The van der Waals surface area contributed by atoms with Crippen LogP contribution in [0, 0.1) is 0 Å². The molecule has 1 atom stereocenters. The van der Waals surface area contributed by atoms with Gasteiger partial charge in [-0.05, 0) is 48.3 Å². The second-order valence-corrected chi connectivity index (χ2v) is 10.6. The van der Waals surface area contributed by atoms with Crippen LogP contribution < -0.4 is 10.6 Å². The number of hydrogen-bond donors (Lipinski definition) is 2. The highest BCUT2D eigenvalue weighted by Gasteiger charge is 2.23. The molecular weight excluding hydrogens is 516 g/mol. The Bertz CT molecular complexity index is 1090. The molecule has 0 saturated carbocycles. The van der Waals surface area contributed by atoms with Gasteiger partial charge in [0.1, 0.15) is 9.94 Å². The van der Waals surface area contributed by atoms with Crippen LogP contribution in [0.5, 0.6) is 0 Å². The zero-order valence-electron chi connectivity index (χ0n) is 18.1. The van der Waals surface area contributed by atoms with Gasteiger partial charge in [0.15, 0.2) is 0 Å². The molecule has 7 nitrogen and oxygen atoms in total. The van der Waals surface area contributed by atoms with Crippen molar-refractivity contribution in [1.82, 2.24) is 20.4 Å². The highest BCUT2D eigenvalue weighted by Crippen LogP contribution is 2.38. The molecule has 0 aliphatic carbocycles. The van der Waals surface area contributed by atoms with Gasteiger partial charge < -0.3 is 15.4 Å². The Morgan fingerprint density at radius 2 is 1.97 bits per heavy atom. The van der Waals surface area contributed by atoms with E-state index < -0.39 is 17.7 Å². The minimum Gasteiger partial charge on any atom is -0.444 e. The molecule has 10 heteroatoms. The van der Waals surface area contributed by atoms with Crippen molar-refractivity contribution in [1.29, 1.82) is 0 Å². The third-order valence-corrected chi connectivity index (χ3v) is 6.35. The van der Waals surface area contributed by atoms with Crippen LogP contribution in [0.3, 0.4) is 0 Å². The molecule has 0 radical (unpaired) electrons. The van der Waals surface area contributed by atoms with Crippen molar-refractivity contribution in [2.24, 2.45) is 7.05 Å². The fourth-order valence-electron chi connectivity index (χ4n) is 3.02. The fourth-order valence-corrected chi connectivity index (χ4v) is 4.76. The van der Waals surface area contributed by atoms with E-state index in [1.54, 1.807) is 37.7 Å². The second kappa shape index (κ2) is 10.1. The van der Waals surface area contributed by atoms with Crippen LogP contribution in [0.1, 0.15) is 42.0 Å². The Balaban J connectivity index is 1.78. The average Bonchev–Trinajstić information content (AvgIpc) is 3.25. The van der Waals surface area contributed by atoms with Crippen molar-refractivity contribution >= 4 is 50.9 Å². The van der Waals surface area contributed by atoms with Crippen LogP contribution in [0.15, 0.2) is 47.1 Å². The Labute approximate surface area is 204 Å². The zero-order valence-corrected chi connectivity index (χ0v) is 21.3. The smallest absolute Gasteiger partial charge is 0.407 e. The van der Waals surface area contributed by atoms with Gasteiger partial charge >= 0.3 is 6.09 Å². The van der Waals surface area contributed by atoms with Gasteiger partial charge in [-0.2, -0.15) is 5.10 Å². The number of carbonyl (C=O) groups is 2. The van der Waals surface area contributed by atoms with Gasteiger partial charge in [0, 0.05) is 19.2 Å². The van der Waals surface area contributed by atoms with E-state index in [0.29, 0.717) is 9.21 Å². The van der Waals surface area contributed by atoms with Crippen molar-refractivity contribution in [3.63, 3.8) is 0 Å². The fraction of sp³-hybridized carbons (Fsp3) is 0.318. The summed E-state index contributed by atoms with van der Waals surface area (Å²) in [5, 5.41) is 9.93. The van der Waals surface area contributed by atoms with E-state index >= 15 is 0 Å². The Morgan fingerprint density at radius 3 is 2.56 bits per heavy atom. The number of hydrogen-bond acceptors (Lipinski definition) is 5. The van der Waals surface area contributed by atoms with Gasteiger partial charge in [-0.3, -0.25) is 9.48 Å². The van der Waals surface area contributed by atoms with Crippen molar-refractivity contribution in [2.75, 3.05) is 6.54 Å². The number of aryl methyl sites for hydroxylation is 1. The largest absolute Gasteiger partial charge is 0.444 e. The van der Waals surface area contributed by atoms with E-state index in [1.165, 1.54) is 11.3 Å². The predicted octanol–water partition coefficient (Wildman–Crippen LogP) is 5.56. The lowest BCUT2D eigenvalue weighted by Crippen LogP contribution is -2.40. The molecule has 2 amide bonds. The summed E-state index contributed by atoms with van der Waals surface area (Å²) >= 11 is 11.1. The van der Waals surface area contributed by atoms with E-state index in [-0.39, 0.29) is 12.5 Å². The molecule has 2 aromatic heterocycles. The van der Waals surface area contributed by atoms with E-state index in [2.05, 4.69) is 31.7 Å². The molecule has 0 aliphatic rings. The molecule has 3 aromatic rings. The van der Waals surface area contributed by atoms with Crippen LogP contribution in [-0.4, -0.2) is 33.9 Å². The number of halogens is 2. The van der Waals surface area contributed by atoms with Gasteiger partial charge in [0.05, 0.1) is 27.3 Å². The maximum absolute atomic E-state index is 13.1. The molecule has 0 fully saturated rings. The Kier molecular flexibility index (Phi) is 7.63. The second-order valence-electron chi connectivity index (χ2n) is 8.08. The molecule has 3 rings (SSSR count). The van der Waals surface area contributed by atoms with Gasteiger partial charge in [-0.25, -0.2) is 4.79 Å². The molecule has 1 aromatic carbocycles. The van der Waals surface area contributed by atoms with Gasteiger partial charge in [-0.1, -0.05) is 41.9 Å². The lowest BCUT2D eigenvalue weighted by atomic mass is 10.1. The highest BCUT2D eigenvalue weighted by atomic mass is 79.9. The summed E-state index contributed by atoms with van der Waals surface area (Å²) in [4.78, 5) is 25.6. The normalized spacial score (nSPS) is 12.3. The number of alkyl carbamates (subject to hydrolysis) is 1. The standard InChI is InChI=1S/C22H24BrClN4O3S/c1-22(2,3)31-21(30)25-12-16(13-8-6-5-7-9-13)27-20(29)17-10-14(19(24)32-17)18-15(23)11-26-28(18)4/h5-11,16H,12H2,1-4H3,(H,25,30)(H,27,29)/t16-/m1/s1.